The summed E-state index contributed by atoms with van der Waals surface area (Å²) in [7, 11) is 0. The van der Waals surface area contributed by atoms with Gasteiger partial charge in [0.05, 0.1) is 9.49 Å². The van der Waals surface area contributed by atoms with Crippen molar-refractivity contribution < 1.29 is 9.53 Å². The zero-order valence-electron chi connectivity index (χ0n) is 11.3. The van der Waals surface area contributed by atoms with Crippen molar-refractivity contribution in [1.29, 1.82) is 0 Å². The van der Waals surface area contributed by atoms with Crippen molar-refractivity contribution in [3.05, 3.63) is 11.6 Å². The highest BCUT2D eigenvalue weighted by Crippen LogP contribution is 2.63. The lowest BCUT2D eigenvalue weighted by Gasteiger charge is -2.49. The predicted molar refractivity (Wildman–Crippen MR) is 80.3 cm³/mol. The third-order valence-corrected chi connectivity index (χ3v) is 8.81. The lowest BCUT2D eigenvalue weighted by Crippen LogP contribution is -2.46. The van der Waals surface area contributed by atoms with E-state index in [4.69, 9.17) is 4.74 Å². The van der Waals surface area contributed by atoms with Crippen LogP contribution in [-0.2, 0) is 9.53 Å². The number of hydrogen-bond donors (Lipinski definition) is 0. The van der Waals surface area contributed by atoms with Gasteiger partial charge in [-0.3, -0.25) is 4.79 Å². The summed E-state index contributed by atoms with van der Waals surface area (Å²) in [5.41, 5.74) is 1.32. The van der Waals surface area contributed by atoms with Crippen LogP contribution in [0.5, 0.6) is 0 Å². The maximum atomic E-state index is 12.3. The molecule has 0 aromatic rings. The van der Waals surface area contributed by atoms with Crippen LogP contribution in [0.3, 0.4) is 0 Å². The average molecular weight is 296 g/mol. The second-order valence-electron chi connectivity index (χ2n) is 6.38. The van der Waals surface area contributed by atoms with Gasteiger partial charge in [0.25, 0.3) is 0 Å². The minimum atomic E-state index is -0.235. The summed E-state index contributed by atoms with van der Waals surface area (Å²) in [6.45, 7) is 2.14. The predicted octanol–water partition coefficient (Wildman–Crippen LogP) is 3.61. The first-order valence-corrected chi connectivity index (χ1v) is 9.32. The second-order valence-corrected chi connectivity index (χ2v) is 9.43. The molecule has 0 N–H and O–H groups in total. The summed E-state index contributed by atoms with van der Waals surface area (Å²) in [5.74, 6) is 2.97. The molecular weight excluding hydrogens is 276 g/mol. The number of allylic oxidation sites excluding steroid dienone is 1. The first kappa shape index (κ1) is 12.6. The second kappa shape index (κ2) is 4.20. The Morgan fingerprint density at radius 3 is 2.89 bits per heavy atom. The molecule has 3 fully saturated rings. The summed E-state index contributed by atoms with van der Waals surface area (Å²) in [4.78, 5) is 12.3. The number of fused-ring (bicyclic) bond motifs is 1. The number of carbonyl (C=O) groups excluding carboxylic acids is 1. The van der Waals surface area contributed by atoms with E-state index in [1.165, 1.54) is 24.3 Å². The average Bonchev–Trinajstić information content (AvgIpc) is 2.69. The Kier molecular flexibility index (Phi) is 2.79. The maximum absolute atomic E-state index is 12.3. The van der Waals surface area contributed by atoms with Crippen LogP contribution in [0.4, 0.5) is 0 Å². The van der Waals surface area contributed by atoms with Crippen molar-refractivity contribution in [2.45, 2.75) is 49.2 Å². The molecular formula is C15H20O2S2. The van der Waals surface area contributed by atoms with E-state index in [-0.39, 0.29) is 21.6 Å². The monoisotopic (exact) mass is 296 g/mol. The number of carbonyl (C=O) groups is 1. The van der Waals surface area contributed by atoms with E-state index in [0.717, 1.165) is 19.3 Å². The number of rotatable bonds is 0. The summed E-state index contributed by atoms with van der Waals surface area (Å²) in [6.07, 6.45) is 8.20. The number of esters is 1. The molecule has 4 rings (SSSR count). The maximum Gasteiger partial charge on any atom is 0.312 e. The van der Waals surface area contributed by atoms with Crippen LogP contribution in [-0.4, -0.2) is 27.7 Å². The molecule has 2 aliphatic carbocycles. The molecule has 2 heterocycles. The zero-order chi connectivity index (χ0) is 13.1. The van der Waals surface area contributed by atoms with Crippen molar-refractivity contribution in [3.8, 4) is 0 Å². The van der Waals surface area contributed by atoms with E-state index in [9.17, 15) is 4.79 Å². The fourth-order valence-electron chi connectivity index (χ4n) is 4.31. The van der Waals surface area contributed by atoms with Gasteiger partial charge in [-0.1, -0.05) is 6.08 Å². The van der Waals surface area contributed by atoms with E-state index in [2.05, 4.69) is 36.5 Å². The van der Waals surface area contributed by atoms with Crippen LogP contribution in [0.25, 0.3) is 0 Å². The Morgan fingerprint density at radius 1 is 1.32 bits per heavy atom. The molecule has 0 bridgehead atoms. The van der Waals surface area contributed by atoms with E-state index >= 15 is 0 Å². The molecule has 104 valence electrons. The number of hydrogen-bond acceptors (Lipinski definition) is 4. The van der Waals surface area contributed by atoms with Gasteiger partial charge in [-0.15, -0.1) is 23.5 Å². The van der Waals surface area contributed by atoms with Crippen molar-refractivity contribution in [3.63, 3.8) is 0 Å². The van der Waals surface area contributed by atoms with E-state index in [0.29, 0.717) is 5.92 Å². The first-order chi connectivity index (χ1) is 9.16. The molecule has 3 atom stereocenters. The highest BCUT2D eigenvalue weighted by atomic mass is 32.2. The number of thioether (sulfide) groups is 2. The molecule has 1 spiro atoms. The Morgan fingerprint density at radius 2 is 2.11 bits per heavy atom. The quantitative estimate of drug-likeness (QED) is 0.504. The largest absolute Gasteiger partial charge is 0.461 e. The first-order valence-electron chi connectivity index (χ1n) is 7.35. The minimum Gasteiger partial charge on any atom is -0.461 e. The Hall–Kier alpha value is -0.0900. The van der Waals surface area contributed by atoms with Gasteiger partial charge < -0.3 is 4.74 Å². The van der Waals surface area contributed by atoms with Gasteiger partial charge in [-0.2, -0.15) is 0 Å². The van der Waals surface area contributed by atoms with Crippen molar-refractivity contribution in [2.75, 3.05) is 11.5 Å². The smallest absolute Gasteiger partial charge is 0.312 e. The SMILES string of the molecule is C[C@]12CCC=C3[C@H]1[C@@H](CCC31SCCCS1)OC2=O. The summed E-state index contributed by atoms with van der Waals surface area (Å²) in [5, 5.41) is 0. The van der Waals surface area contributed by atoms with E-state index in [1.807, 2.05) is 0 Å². The Balaban J connectivity index is 1.78. The molecule has 4 aliphatic rings. The zero-order valence-corrected chi connectivity index (χ0v) is 12.9. The minimum absolute atomic E-state index is 0.0657. The van der Waals surface area contributed by atoms with Gasteiger partial charge in [-0.05, 0) is 56.1 Å². The lowest BCUT2D eigenvalue weighted by molar-refractivity contribution is -0.148. The molecule has 2 nitrogen and oxygen atoms in total. The molecule has 19 heavy (non-hydrogen) atoms. The van der Waals surface area contributed by atoms with E-state index < -0.39 is 0 Å². The lowest BCUT2D eigenvalue weighted by atomic mass is 9.63. The summed E-state index contributed by atoms with van der Waals surface area (Å²) in [6, 6.07) is 0. The fourth-order valence-corrected chi connectivity index (χ4v) is 7.84. The van der Waals surface area contributed by atoms with Crippen LogP contribution in [0, 0.1) is 11.3 Å². The molecule has 4 heteroatoms. The van der Waals surface area contributed by atoms with Gasteiger partial charge in [-0.25, -0.2) is 0 Å². The third-order valence-electron chi connectivity index (χ3n) is 5.30. The standard InChI is InChI=1S/C15H20O2S2/c1-14-6-2-4-10-12(14)11(17-13(14)16)5-7-15(10)18-8-3-9-19-15/h4,11-12H,2-3,5-9H2,1H3/t11-,12+,14+/m1/s1. The van der Waals surface area contributed by atoms with Crippen molar-refractivity contribution >= 4 is 29.5 Å². The molecule has 2 aliphatic heterocycles. The highest BCUT2D eigenvalue weighted by molar-refractivity contribution is 8.19. The van der Waals surface area contributed by atoms with Gasteiger partial charge in [0.1, 0.15) is 6.10 Å². The molecule has 2 saturated heterocycles. The Labute approximate surface area is 123 Å². The van der Waals surface area contributed by atoms with Crippen LogP contribution in [0.1, 0.15) is 39.0 Å². The Bertz CT molecular complexity index is 453. The fraction of sp³-hybridized carbons (Fsp3) is 0.800. The van der Waals surface area contributed by atoms with Crippen LogP contribution in [0.15, 0.2) is 11.6 Å². The van der Waals surface area contributed by atoms with Gasteiger partial charge in [0.15, 0.2) is 0 Å². The van der Waals surface area contributed by atoms with E-state index in [1.54, 1.807) is 5.57 Å². The van der Waals surface area contributed by atoms with Crippen LogP contribution in [0.2, 0.25) is 0 Å². The van der Waals surface area contributed by atoms with Gasteiger partial charge >= 0.3 is 5.97 Å². The van der Waals surface area contributed by atoms with Gasteiger partial charge in [0.2, 0.25) is 0 Å². The topological polar surface area (TPSA) is 26.3 Å². The molecule has 1 saturated carbocycles. The van der Waals surface area contributed by atoms with Crippen molar-refractivity contribution in [1.82, 2.24) is 0 Å². The van der Waals surface area contributed by atoms with Crippen molar-refractivity contribution in [2.24, 2.45) is 11.3 Å². The molecule has 0 unspecified atom stereocenters. The molecule has 0 aromatic heterocycles. The highest BCUT2D eigenvalue weighted by Gasteiger charge is 2.62. The van der Waals surface area contributed by atoms with Crippen LogP contribution < -0.4 is 0 Å². The molecule has 0 radical (unpaired) electrons. The normalized spacial score (nSPS) is 43.6. The summed E-state index contributed by atoms with van der Waals surface area (Å²) < 4.78 is 5.99. The van der Waals surface area contributed by atoms with Gasteiger partial charge in [0, 0.05) is 5.92 Å². The molecule has 0 amide bonds. The molecule has 0 aromatic carbocycles. The number of ether oxygens (including phenoxy) is 1. The third kappa shape index (κ3) is 1.62. The van der Waals surface area contributed by atoms with Crippen LogP contribution >= 0.6 is 23.5 Å². The summed E-state index contributed by atoms with van der Waals surface area (Å²) >= 11 is 4.26.